The zero-order chi connectivity index (χ0) is 16.8. The maximum Gasteiger partial charge on any atom is 0.251 e. The first-order valence-corrected chi connectivity index (χ1v) is 8.89. The molecule has 1 aromatic carbocycles. The number of halogens is 2. The number of amides is 1. The van der Waals surface area contributed by atoms with Crippen molar-refractivity contribution in [2.75, 3.05) is 6.54 Å². The normalized spacial score (nSPS) is 19.9. The Balaban J connectivity index is 0.00000288. The molecule has 4 nitrogen and oxygen atoms in total. The predicted octanol–water partition coefficient (Wildman–Crippen LogP) is 3.76. The molecule has 0 atom stereocenters. The lowest BCUT2D eigenvalue weighted by atomic mass is 9.91. The van der Waals surface area contributed by atoms with Gasteiger partial charge >= 0.3 is 0 Å². The van der Waals surface area contributed by atoms with E-state index in [-0.39, 0.29) is 36.8 Å². The third kappa shape index (κ3) is 7.53. The molecule has 1 fully saturated rings. The summed E-state index contributed by atoms with van der Waals surface area (Å²) < 4.78 is 0. The molecular weight excluding hydrogens is 357 g/mol. The van der Waals surface area contributed by atoms with Gasteiger partial charge in [-0.15, -0.1) is 24.8 Å². The minimum absolute atomic E-state index is 0. The summed E-state index contributed by atoms with van der Waals surface area (Å²) in [5.74, 6) is 0.0354. The van der Waals surface area contributed by atoms with Crippen molar-refractivity contribution in [3.63, 3.8) is 0 Å². The number of nitrogens with zero attached hydrogens (tertiary/aromatic N) is 1. The van der Waals surface area contributed by atoms with Crippen molar-refractivity contribution in [1.29, 1.82) is 0 Å². The maximum absolute atomic E-state index is 12.3. The molecule has 1 saturated carbocycles. The lowest BCUT2D eigenvalue weighted by Crippen LogP contribution is -2.40. The fourth-order valence-corrected chi connectivity index (χ4v) is 3.19. The summed E-state index contributed by atoms with van der Waals surface area (Å²) in [6.07, 6.45) is 3.99. The molecule has 0 aromatic heterocycles. The summed E-state index contributed by atoms with van der Waals surface area (Å²) in [4.78, 5) is 14.7. The Bertz CT molecular complexity index is 500. The van der Waals surface area contributed by atoms with Gasteiger partial charge in [0, 0.05) is 30.2 Å². The Morgan fingerprint density at radius 2 is 1.72 bits per heavy atom. The van der Waals surface area contributed by atoms with Crippen molar-refractivity contribution >= 4 is 30.7 Å². The second-order valence-corrected chi connectivity index (χ2v) is 6.94. The van der Waals surface area contributed by atoms with Crippen LogP contribution in [-0.4, -0.2) is 35.5 Å². The molecule has 6 heteroatoms. The summed E-state index contributed by atoms with van der Waals surface area (Å²) in [5.41, 5.74) is 7.91. The number of carbonyl (C=O) groups is 1. The van der Waals surface area contributed by atoms with E-state index in [1.54, 1.807) is 0 Å². The van der Waals surface area contributed by atoms with E-state index in [1.807, 2.05) is 12.1 Å². The van der Waals surface area contributed by atoms with E-state index < -0.39 is 0 Å². The molecule has 0 bridgehead atoms. The maximum atomic E-state index is 12.3. The zero-order valence-corrected chi connectivity index (χ0v) is 17.2. The number of hydrogen-bond donors (Lipinski definition) is 2. The minimum atomic E-state index is 0. The van der Waals surface area contributed by atoms with E-state index >= 15 is 0 Å². The Morgan fingerprint density at radius 3 is 2.20 bits per heavy atom. The molecule has 144 valence electrons. The molecule has 0 heterocycles. The molecule has 1 aliphatic rings. The first-order valence-electron chi connectivity index (χ1n) is 8.89. The summed E-state index contributed by atoms with van der Waals surface area (Å²) in [6.45, 7) is 8.56. The van der Waals surface area contributed by atoms with Crippen LogP contribution < -0.4 is 11.1 Å². The largest absolute Gasteiger partial charge is 0.349 e. The van der Waals surface area contributed by atoms with Crippen LogP contribution in [0.2, 0.25) is 0 Å². The molecule has 25 heavy (non-hydrogen) atoms. The van der Waals surface area contributed by atoms with Gasteiger partial charge < -0.3 is 11.1 Å². The number of benzene rings is 1. The second kappa shape index (κ2) is 11.7. The molecule has 0 unspecified atom stereocenters. The van der Waals surface area contributed by atoms with Crippen LogP contribution in [0.4, 0.5) is 0 Å². The van der Waals surface area contributed by atoms with Gasteiger partial charge in [-0.1, -0.05) is 19.1 Å². The number of rotatable bonds is 6. The number of nitrogens with two attached hydrogens (primary N) is 1. The molecule has 0 radical (unpaired) electrons. The van der Waals surface area contributed by atoms with Gasteiger partial charge in [-0.2, -0.15) is 0 Å². The third-order valence-corrected chi connectivity index (χ3v) is 4.85. The molecule has 2 rings (SSSR count). The monoisotopic (exact) mass is 389 g/mol. The van der Waals surface area contributed by atoms with Crippen LogP contribution in [-0.2, 0) is 6.54 Å². The van der Waals surface area contributed by atoms with E-state index in [1.165, 1.54) is 5.56 Å². The van der Waals surface area contributed by atoms with Crippen molar-refractivity contribution < 1.29 is 4.79 Å². The number of nitrogens with one attached hydrogen (secondary N) is 1. The van der Waals surface area contributed by atoms with Crippen molar-refractivity contribution in [1.82, 2.24) is 10.2 Å². The Hall–Kier alpha value is -0.810. The van der Waals surface area contributed by atoms with E-state index in [4.69, 9.17) is 5.73 Å². The lowest BCUT2D eigenvalue weighted by Gasteiger charge is -2.27. The van der Waals surface area contributed by atoms with Gasteiger partial charge in [0.1, 0.15) is 0 Å². The van der Waals surface area contributed by atoms with Crippen molar-refractivity contribution in [3.05, 3.63) is 35.4 Å². The first-order chi connectivity index (χ1) is 11.0. The van der Waals surface area contributed by atoms with E-state index in [2.05, 4.69) is 43.1 Å². The molecule has 0 spiro atoms. The fraction of sp³-hybridized carbons (Fsp3) is 0.632. The number of hydrogen-bond acceptors (Lipinski definition) is 3. The standard InChI is InChI=1S/C19H31N3O.2ClH/c1-4-22(14(2)3)13-15-5-7-16(8-6-15)19(23)21-18-11-9-17(20)10-12-18;;/h5-8,14,17-18H,4,9-13,20H2,1-3H3,(H,21,23);2*1H. The SMILES string of the molecule is CCN(Cc1ccc(C(=O)NC2CCC(N)CC2)cc1)C(C)C.Cl.Cl. The van der Waals surface area contributed by atoms with Crippen LogP contribution in [0.15, 0.2) is 24.3 Å². The summed E-state index contributed by atoms with van der Waals surface area (Å²) in [7, 11) is 0. The Labute approximate surface area is 164 Å². The van der Waals surface area contributed by atoms with Crippen molar-refractivity contribution in [2.45, 2.75) is 71.1 Å². The summed E-state index contributed by atoms with van der Waals surface area (Å²) in [5, 5.41) is 3.14. The van der Waals surface area contributed by atoms with Gasteiger partial charge in [0.2, 0.25) is 0 Å². The van der Waals surface area contributed by atoms with Gasteiger partial charge in [0.15, 0.2) is 0 Å². The van der Waals surface area contributed by atoms with Crippen molar-refractivity contribution in [3.8, 4) is 0 Å². The van der Waals surface area contributed by atoms with Crippen molar-refractivity contribution in [2.24, 2.45) is 5.73 Å². The Morgan fingerprint density at radius 1 is 1.16 bits per heavy atom. The van der Waals surface area contributed by atoms with Gasteiger partial charge in [0.25, 0.3) is 5.91 Å². The van der Waals surface area contributed by atoms with Crippen LogP contribution in [0.5, 0.6) is 0 Å². The number of carbonyl (C=O) groups excluding carboxylic acids is 1. The molecule has 0 aliphatic heterocycles. The van der Waals surface area contributed by atoms with E-state index in [0.717, 1.165) is 44.3 Å². The van der Waals surface area contributed by atoms with E-state index in [9.17, 15) is 4.79 Å². The van der Waals surface area contributed by atoms with Crippen LogP contribution in [0.3, 0.4) is 0 Å². The third-order valence-electron chi connectivity index (χ3n) is 4.85. The lowest BCUT2D eigenvalue weighted by molar-refractivity contribution is 0.0926. The molecule has 3 N–H and O–H groups in total. The van der Waals surface area contributed by atoms with E-state index in [0.29, 0.717) is 12.1 Å². The van der Waals surface area contributed by atoms with Crippen LogP contribution >= 0.6 is 24.8 Å². The highest BCUT2D eigenvalue weighted by Crippen LogP contribution is 2.17. The quantitative estimate of drug-likeness (QED) is 0.778. The highest BCUT2D eigenvalue weighted by Gasteiger charge is 2.20. The zero-order valence-electron chi connectivity index (χ0n) is 15.5. The van der Waals surface area contributed by atoms with Gasteiger partial charge in [-0.25, -0.2) is 0 Å². The molecule has 1 aromatic rings. The average molecular weight is 390 g/mol. The highest BCUT2D eigenvalue weighted by molar-refractivity contribution is 5.94. The van der Waals surface area contributed by atoms with Crippen LogP contribution in [0.1, 0.15) is 62.4 Å². The average Bonchev–Trinajstić information content (AvgIpc) is 2.55. The smallest absolute Gasteiger partial charge is 0.251 e. The van der Waals surface area contributed by atoms with Gasteiger partial charge in [-0.05, 0) is 63.8 Å². The minimum Gasteiger partial charge on any atom is -0.349 e. The second-order valence-electron chi connectivity index (χ2n) is 6.94. The van der Waals surface area contributed by atoms with Crippen LogP contribution in [0, 0.1) is 0 Å². The molecule has 1 aliphatic carbocycles. The fourth-order valence-electron chi connectivity index (χ4n) is 3.19. The highest BCUT2D eigenvalue weighted by atomic mass is 35.5. The topological polar surface area (TPSA) is 58.4 Å². The molecule has 0 saturated heterocycles. The molecular formula is C19H33Cl2N3O. The van der Waals surface area contributed by atoms with Gasteiger partial charge in [-0.3, -0.25) is 9.69 Å². The molecule has 1 amide bonds. The predicted molar refractivity (Wildman–Crippen MR) is 110 cm³/mol. The van der Waals surface area contributed by atoms with Crippen LogP contribution in [0.25, 0.3) is 0 Å². The summed E-state index contributed by atoms with van der Waals surface area (Å²) in [6, 6.07) is 9.12. The van der Waals surface area contributed by atoms with Gasteiger partial charge in [0.05, 0.1) is 0 Å². The summed E-state index contributed by atoms with van der Waals surface area (Å²) >= 11 is 0. The Kier molecular flexibility index (Phi) is 11.4. The first kappa shape index (κ1) is 24.2.